The Hall–Kier alpha value is -1.35. The van der Waals surface area contributed by atoms with Gasteiger partial charge in [0.15, 0.2) is 5.78 Å². The van der Waals surface area contributed by atoms with Gasteiger partial charge >= 0.3 is 0 Å². The summed E-state index contributed by atoms with van der Waals surface area (Å²) in [5, 5.41) is 0. The summed E-state index contributed by atoms with van der Waals surface area (Å²) in [4.78, 5) is 11.8. The fraction of sp³-hybridized carbons (Fsp3) is 0.417. The number of hydrogen-bond donors (Lipinski definition) is 1. The van der Waals surface area contributed by atoms with Crippen molar-refractivity contribution in [3.63, 3.8) is 0 Å². The van der Waals surface area contributed by atoms with E-state index in [4.69, 9.17) is 10.5 Å². The summed E-state index contributed by atoms with van der Waals surface area (Å²) in [5.41, 5.74) is 8.19. The number of Topliss-reactive ketones (excluding diaryl/α,β-unsaturated/α-hetero) is 1. The van der Waals surface area contributed by atoms with Gasteiger partial charge in [-0.05, 0) is 44.0 Å². The molecule has 1 atom stereocenters. The summed E-state index contributed by atoms with van der Waals surface area (Å²) in [6, 6.07) is 3.11. The van der Waals surface area contributed by atoms with Gasteiger partial charge in [-0.15, -0.1) is 0 Å². The second-order valence-corrected chi connectivity index (χ2v) is 3.72. The number of rotatable bonds is 3. The molecule has 0 spiro atoms. The number of carbonyl (C=O) groups excluding carboxylic acids is 1. The van der Waals surface area contributed by atoms with Gasteiger partial charge in [0.25, 0.3) is 0 Å². The lowest BCUT2D eigenvalue weighted by Crippen LogP contribution is -2.27. The maximum Gasteiger partial charge on any atom is 0.179 e. The van der Waals surface area contributed by atoms with Crippen molar-refractivity contribution in [1.29, 1.82) is 0 Å². The first-order valence-corrected chi connectivity index (χ1v) is 4.93. The molecule has 1 unspecified atom stereocenters. The van der Waals surface area contributed by atoms with Gasteiger partial charge in [-0.1, -0.05) is 0 Å². The molecule has 1 rings (SSSR count). The molecule has 0 aliphatic rings. The van der Waals surface area contributed by atoms with Gasteiger partial charge in [0.2, 0.25) is 0 Å². The molecule has 3 heteroatoms. The van der Waals surface area contributed by atoms with E-state index < -0.39 is 6.04 Å². The van der Waals surface area contributed by atoms with Crippen LogP contribution in [0.4, 0.5) is 0 Å². The zero-order valence-electron chi connectivity index (χ0n) is 9.63. The van der Waals surface area contributed by atoms with E-state index in [1.54, 1.807) is 26.2 Å². The molecule has 2 N–H and O–H groups in total. The average molecular weight is 207 g/mol. The zero-order valence-corrected chi connectivity index (χ0v) is 9.63. The highest BCUT2D eigenvalue weighted by Gasteiger charge is 2.15. The van der Waals surface area contributed by atoms with Gasteiger partial charge in [-0.3, -0.25) is 4.79 Å². The Morgan fingerprint density at radius 1 is 1.33 bits per heavy atom. The Morgan fingerprint density at radius 2 is 1.93 bits per heavy atom. The van der Waals surface area contributed by atoms with E-state index in [9.17, 15) is 4.79 Å². The second-order valence-electron chi connectivity index (χ2n) is 3.72. The molecular weight excluding hydrogens is 190 g/mol. The van der Waals surface area contributed by atoms with Crippen molar-refractivity contribution in [2.45, 2.75) is 26.8 Å². The molecule has 0 aliphatic heterocycles. The summed E-state index contributed by atoms with van der Waals surface area (Å²) < 4.78 is 5.18. The largest absolute Gasteiger partial charge is 0.496 e. The first kappa shape index (κ1) is 11.7. The van der Waals surface area contributed by atoms with E-state index in [2.05, 4.69) is 0 Å². The lowest BCUT2D eigenvalue weighted by Gasteiger charge is -2.13. The Labute approximate surface area is 90.2 Å². The van der Waals surface area contributed by atoms with Crippen LogP contribution in [0.1, 0.15) is 28.4 Å². The summed E-state index contributed by atoms with van der Waals surface area (Å²) in [6.07, 6.45) is 0. The van der Waals surface area contributed by atoms with Crippen molar-refractivity contribution in [3.8, 4) is 5.75 Å². The van der Waals surface area contributed by atoms with Crippen molar-refractivity contribution in [3.05, 3.63) is 28.8 Å². The molecule has 0 amide bonds. The summed E-state index contributed by atoms with van der Waals surface area (Å²) in [6.45, 7) is 5.54. The molecule has 0 bridgehead atoms. The van der Waals surface area contributed by atoms with Gasteiger partial charge in [0.05, 0.1) is 13.2 Å². The van der Waals surface area contributed by atoms with Crippen LogP contribution >= 0.6 is 0 Å². The monoisotopic (exact) mass is 207 g/mol. The fourth-order valence-corrected chi connectivity index (χ4v) is 1.53. The minimum atomic E-state index is -0.462. The predicted octanol–water partition coefficient (Wildman–Crippen LogP) is 1.84. The lowest BCUT2D eigenvalue weighted by molar-refractivity contribution is 0.0967. The molecule has 1 aromatic rings. The highest BCUT2D eigenvalue weighted by atomic mass is 16.5. The van der Waals surface area contributed by atoms with Crippen LogP contribution in [0.25, 0.3) is 0 Å². The lowest BCUT2D eigenvalue weighted by atomic mass is 9.96. The molecule has 82 valence electrons. The van der Waals surface area contributed by atoms with Gasteiger partial charge < -0.3 is 10.5 Å². The molecule has 0 saturated heterocycles. The Morgan fingerprint density at radius 3 is 2.40 bits per heavy atom. The molecule has 0 heterocycles. The summed E-state index contributed by atoms with van der Waals surface area (Å²) in [7, 11) is 1.62. The topological polar surface area (TPSA) is 52.3 Å². The first-order valence-electron chi connectivity index (χ1n) is 4.93. The standard InChI is InChI=1S/C12H17NO2/c1-7-8(2)11(15-4)6-5-10(7)12(14)9(3)13/h5-6,9H,13H2,1-4H3. The van der Waals surface area contributed by atoms with Crippen molar-refractivity contribution >= 4 is 5.78 Å². The van der Waals surface area contributed by atoms with E-state index in [-0.39, 0.29) is 5.78 Å². The van der Waals surface area contributed by atoms with Gasteiger partial charge in [-0.25, -0.2) is 0 Å². The smallest absolute Gasteiger partial charge is 0.179 e. The van der Waals surface area contributed by atoms with Crippen LogP contribution in [0.15, 0.2) is 12.1 Å². The van der Waals surface area contributed by atoms with E-state index in [0.29, 0.717) is 5.56 Å². The highest BCUT2D eigenvalue weighted by Crippen LogP contribution is 2.24. The number of benzene rings is 1. The van der Waals surface area contributed by atoms with Crippen LogP contribution in [-0.4, -0.2) is 18.9 Å². The van der Waals surface area contributed by atoms with Crippen molar-refractivity contribution < 1.29 is 9.53 Å². The normalized spacial score (nSPS) is 12.3. The van der Waals surface area contributed by atoms with Gasteiger partial charge in [0, 0.05) is 5.56 Å². The molecule has 0 saturated carbocycles. The minimum Gasteiger partial charge on any atom is -0.496 e. The third kappa shape index (κ3) is 2.18. The molecule has 0 radical (unpaired) electrons. The van der Waals surface area contributed by atoms with E-state index in [0.717, 1.165) is 16.9 Å². The molecule has 0 aliphatic carbocycles. The van der Waals surface area contributed by atoms with Crippen LogP contribution in [-0.2, 0) is 0 Å². The molecule has 3 nitrogen and oxygen atoms in total. The van der Waals surface area contributed by atoms with Crippen molar-refractivity contribution in [2.75, 3.05) is 7.11 Å². The van der Waals surface area contributed by atoms with Crippen LogP contribution in [0.2, 0.25) is 0 Å². The molecule has 1 aromatic carbocycles. The number of nitrogens with two attached hydrogens (primary N) is 1. The first-order chi connectivity index (χ1) is 6.99. The number of carbonyl (C=O) groups is 1. The van der Waals surface area contributed by atoms with Crippen molar-refractivity contribution in [2.24, 2.45) is 5.73 Å². The van der Waals surface area contributed by atoms with Crippen LogP contribution in [0.5, 0.6) is 5.75 Å². The quantitative estimate of drug-likeness (QED) is 0.769. The molecular formula is C12H17NO2. The van der Waals surface area contributed by atoms with Crippen LogP contribution in [0.3, 0.4) is 0 Å². The third-order valence-electron chi connectivity index (χ3n) is 2.64. The summed E-state index contributed by atoms with van der Waals surface area (Å²) in [5.74, 6) is 0.770. The minimum absolute atomic E-state index is 0.0294. The SMILES string of the molecule is COc1ccc(C(=O)C(C)N)c(C)c1C. The number of methoxy groups -OCH3 is 1. The maximum absolute atomic E-state index is 11.8. The fourth-order valence-electron chi connectivity index (χ4n) is 1.53. The second kappa shape index (κ2) is 4.45. The third-order valence-corrected chi connectivity index (χ3v) is 2.64. The molecule has 0 fully saturated rings. The predicted molar refractivity (Wildman–Crippen MR) is 60.4 cm³/mol. The maximum atomic E-state index is 11.8. The average Bonchev–Trinajstić information content (AvgIpc) is 2.21. The number of hydrogen-bond acceptors (Lipinski definition) is 3. The Balaban J connectivity index is 3.23. The molecule has 0 aromatic heterocycles. The van der Waals surface area contributed by atoms with E-state index in [1.807, 2.05) is 13.8 Å². The summed E-state index contributed by atoms with van der Waals surface area (Å²) >= 11 is 0. The number of ether oxygens (including phenoxy) is 1. The van der Waals surface area contributed by atoms with Crippen LogP contribution < -0.4 is 10.5 Å². The van der Waals surface area contributed by atoms with Gasteiger partial charge in [0.1, 0.15) is 5.75 Å². The molecule has 15 heavy (non-hydrogen) atoms. The number of ketones is 1. The Bertz CT molecular complexity index is 383. The Kier molecular flexibility index (Phi) is 3.48. The zero-order chi connectivity index (χ0) is 11.6. The van der Waals surface area contributed by atoms with E-state index in [1.165, 1.54) is 0 Å². The van der Waals surface area contributed by atoms with Crippen LogP contribution in [0, 0.1) is 13.8 Å². The van der Waals surface area contributed by atoms with Crippen molar-refractivity contribution in [1.82, 2.24) is 0 Å². The highest BCUT2D eigenvalue weighted by molar-refractivity contribution is 6.01. The van der Waals surface area contributed by atoms with Gasteiger partial charge in [-0.2, -0.15) is 0 Å². The van der Waals surface area contributed by atoms with E-state index >= 15 is 0 Å².